The molecule has 3 aliphatic rings. The quantitative estimate of drug-likeness (QED) is 0.462. The van der Waals surface area contributed by atoms with Gasteiger partial charge in [0.15, 0.2) is 8.32 Å². The highest BCUT2D eigenvalue weighted by atomic mass is 28.4. The summed E-state index contributed by atoms with van der Waals surface area (Å²) in [7, 11) is -2.36. The molecule has 2 heterocycles. The fraction of sp³-hybridized carbons (Fsp3) is 0.857. The van der Waals surface area contributed by atoms with Crippen molar-refractivity contribution in [1.82, 2.24) is 14.7 Å². The summed E-state index contributed by atoms with van der Waals surface area (Å²) in [5.74, 6) is -2.61. The molecule has 1 N–H and O–H groups in total. The van der Waals surface area contributed by atoms with Crippen molar-refractivity contribution in [1.29, 1.82) is 0 Å². The molecule has 0 aromatic rings. The molecule has 0 radical (unpaired) electrons. The maximum atomic E-state index is 14.0. The van der Waals surface area contributed by atoms with Crippen molar-refractivity contribution in [2.24, 2.45) is 0 Å². The van der Waals surface area contributed by atoms with Crippen LogP contribution in [-0.4, -0.2) is 102 Å². The maximum Gasteiger partial charge on any atom is 0.471 e. The molecule has 8 nitrogen and oxygen atoms in total. The molecular weight excluding hydrogens is 478 g/mol. The normalized spacial score (nSPS) is 27.3. The molecule has 0 aromatic heterocycles. The Kier molecular flexibility index (Phi) is 6.79. The molecule has 3 fully saturated rings. The summed E-state index contributed by atoms with van der Waals surface area (Å²) < 4.78 is 60.2. The summed E-state index contributed by atoms with van der Waals surface area (Å²) in [5, 5.41) is 9.22. The molecule has 3 atom stereocenters. The summed E-state index contributed by atoms with van der Waals surface area (Å²) in [5.41, 5.74) is -1.14. The van der Waals surface area contributed by atoms with Crippen LogP contribution in [0, 0.1) is 0 Å². The number of carbonyl (C=O) groups excluding carboxylic acids is 2. The van der Waals surface area contributed by atoms with E-state index in [2.05, 4.69) is 0 Å². The van der Waals surface area contributed by atoms with Crippen molar-refractivity contribution in [2.75, 3.05) is 26.2 Å². The van der Waals surface area contributed by atoms with Crippen LogP contribution in [0.5, 0.6) is 0 Å². The van der Waals surface area contributed by atoms with Gasteiger partial charge in [-0.25, -0.2) is 9.18 Å². The number of likely N-dealkylation sites (tertiary alicyclic amines) is 1. The molecule has 3 amide bonds. The Bertz CT molecular complexity index is 843. The molecule has 2 saturated heterocycles. The van der Waals surface area contributed by atoms with Gasteiger partial charge in [0.1, 0.15) is 12.2 Å². The Morgan fingerprint density at radius 1 is 1.09 bits per heavy atom. The number of nitrogens with zero attached hydrogens (tertiary/aromatic N) is 3. The Morgan fingerprint density at radius 2 is 1.68 bits per heavy atom. The van der Waals surface area contributed by atoms with Crippen molar-refractivity contribution in [3.8, 4) is 0 Å². The summed E-state index contributed by atoms with van der Waals surface area (Å²) in [6, 6.07) is -2.17. The lowest BCUT2D eigenvalue weighted by atomic mass is 10.0. The molecule has 0 aromatic carbocycles. The maximum absolute atomic E-state index is 14.0. The van der Waals surface area contributed by atoms with Crippen molar-refractivity contribution >= 4 is 26.2 Å². The number of halogens is 4. The van der Waals surface area contributed by atoms with Crippen LogP contribution < -0.4 is 0 Å². The first-order valence-corrected chi connectivity index (χ1v) is 14.3. The molecular formula is C21H33F4N3O5Si. The second kappa shape index (κ2) is 8.65. The Labute approximate surface area is 197 Å². The van der Waals surface area contributed by atoms with Crippen LogP contribution >= 0.6 is 0 Å². The monoisotopic (exact) mass is 511 g/mol. The second-order valence-corrected chi connectivity index (χ2v) is 15.9. The molecule has 2 aliphatic heterocycles. The molecule has 1 spiro atoms. The molecule has 0 bridgehead atoms. The van der Waals surface area contributed by atoms with E-state index >= 15 is 0 Å². The highest BCUT2D eigenvalue weighted by molar-refractivity contribution is 6.74. The van der Waals surface area contributed by atoms with Gasteiger partial charge in [-0.3, -0.25) is 14.5 Å². The molecule has 34 heavy (non-hydrogen) atoms. The van der Waals surface area contributed by atoms with Gasteiger partial charge in [0.25, 0.3) is 0 Å². The van der Waals surface area contributed by atoms with Crippen LogP contribution in [0.4, 0.5) is 22.4 Å². The third kappa shape index (κ3) is 5.04. The number of hydrogen-bond donors (Lipinski definition) is 1. The van der Waals surface area contributed by atoms with Crippen molar-refractivity contribution in [3.63, 3.8) is 0 Å². The minimum atomic E-state index is -5.06. The molecule has 1 aliphatic carbocycles. The molecule has 13 heteroatoms. The first kappa shape index (κ1) is 26.7. The highest BCUT2D eigenvalue weighted by Gasteiger charge is 2.61. The average molecular weight is 512 g/mol. The minimum Gasteiger partial charge on any atom is -0.465 e. The number of carbonyl (C=O) groups is 3. The predicted molar refractivity (Wildman–Crippen MR) is 116 cm³/mol. The number of amides is 3. The predicted octanol–water partition coefficient (Wildman–Crippen LogP) is 3.23. The molecule has 0 unspecified atom stereocenters. The van der Waals surface area contributed by atoms with Gasteiger partial charge in [-0.15, -0.1) is 0 Å². The Hall–Kier alpha value is -1.89. The topological polar surface area (TPSA) is 90.4 Å². The first-order valence-electron chi connectivity index (χ1n) is 11.4. The van der Waals surface area contributed by atoms with Crippen LogP contribution in [0.2, 0.25) is 18.1 Å². The fourth-order valence-electron chi connectivity index (χ4n) is 4.40. The van der Waals surface area contributed by atoms with E-state index < -0.39 is 62.7 Å². The zero-order chi connectivity index (χ0) is 25.9. The number of rotatable bonds is 4. The summed E-state index contributed by atoms with van der Waals surface area (Å²) >= 11 is 0. The van der Waals surface area contributed by atoms with E-state index in [0.29, 0.717) is 12.8 Å². The smallest absolute Gasteiger partial charge is 0.465 e. The van der Waals surface area contributed by atoms with Crippen molar-refractivity contribution < 1.29 is 41.5 Å². The minimum absolute atomic E-state index is 0.0984. The average Bonchev–Trinajstić information content (AvgIpc) is 3.34. The lowest BCUT2D eigenvalue weighted by Crippen LogP contribution is -2.67. The van der Waals surface area contributed by atoms with Crippen molar-refractivity contribution in [3.05, 3.63) is 0 Å². The van der Waals surface area contributed by atoms with Gasteiger partial charge >= 0.3 is 18.2 Å². The first-order chi connectivity index (χ1) is 15.4. The van der Waals surface area contributed by atoms with Gasteiger partial charge in [0.05, 0.1) is 24.7 Å². The SMILES string of the molecule is CC(C)(C)[Si](C)(C)OC[C@H]1CN(C(=O)C(F)(F)F)C2(CC2)CN1C(=O)[C@@H]1C[C@@H](F)CN1C(=O)O. The Balaban J connectivity index is 1.90. The standard InChI is InChI=1S/C21H33F4N3O5Si/c1-19(2,3)34(4,5)33-11-14-10-28(17(30)21(23,24)25)20(6-7-20)12-27(14)16(29)15-8-13(22)9-26(15)18(31)32/h13-15H,6-12H2,1-5H3,(H,31,32)/t13-,14-,15+/m1/s1. The van der Waals surface area contributed by atoms with E-state index in [4.69, 9.17) is 4.43 Å². The van der Waals surface area contributed by atoms with Gasteiger partial charge in [0, 0.05) is 19.5 Å². The Morgan fingerprint density at radius 3 is 2.15 bits per heavy atom. The van der Waals surface area contributed by atoms with Gasteiger partial charge in [0.2, 0.25) is 5.91 Å². The van der Waals surface area contributed by atoms with Gasteiger partial charge in [-0.2, -0.15) is 13.2 Å². The summed E-state index contributed by atoms with van der Waals surface area (Å²) in [4.78, 5) is 40.1. The fourth-order valence-corrected chi connectivity index (χ4v) is 5.44. The number of alkyl halides is 4. The molecule has 194 valence electrons. The summed E-state index contributed by atoms with van der Waals surface area (Å²) in [6.45, 7) is 8.82. The van der Waals surface area contributed by atoms with E-state index in [1.54, 1.807) is 0 Å². The third-order valence-electron chi connectivity index (χ3n) is 7.69. The number of piperazine rings is 1. The molecule has 3 rings (SSSR count). The second-order valence-electron chi connectivity index (χ2n) is 11.1. The van der Waals surface area contributed by atoms with E-state index in [-0.39, 0.29) is 31.2 Å². The van der Waals surface area contributed by atoms with Gasteiger partial charge in [-0.1, -0.05) is 20.8 Å². The van der Waals surface area contributed by atoms with E-state index in [1.165, 1.54) is 4.90 Å². The number of carboxylic acid groups (broad SMARTS) is 1. The van der Waals surface area contributed by atoms with Crippen molar-refractivity contribution in [2.45, 2.75) is 88.1 Å². The van der Waals surface area contributed by atoms with Crippen LogP contribution in [0.15, 0.2) is 0 Å². The van der Waals surface area contributed by atoms with Crippen LogP contribution in [0.1, 0.15) is 40.0 Å². The lowest BCUT2D eigenvalue weighted by Gasteiger charge is -2.49. The largest absolute Gasteiger partial charge is 0.471 e. The van der Waals surface area contributed by atoms with Gasteiger partial charge in [-0.05, 0) is 31.0 Å². The van der Waals surface area contributed by atoms with E-state index in [0.717, 1.165) is 9.80 Å². The van der Waals surface area contributed by atoms with E-state index in [9.17, 15) is 37.1 Å². The highest BCUT2D eigenvalue weighted by Crippen LogP contribution is 2.47. The summed E-state index contributed by atoms with van der Waals surface area (Å²) in [6.07, 6.45) is -7.70. The van der Waals surface area contributed by atoms with Crippen LogP contribution in [0.25, 0.3) is 0 Å². The zero-order valence-corrected chi connectivity index (χ0v) is 21.1. The van der Waals surface area contributed by atoms with E-state index in [1.807, 2.05) is 33.9 Å². The lowest BCUT2D eigenvalue weighted by molar-refractivity contribution is -0.194. The zero-order valence-electron chi connectivity index (χ0n) is 20.1. The van der Waals surface area contributed by atoms with Crippen LogP contribution in [-0.2, 0) is 14.0 Å². The number of hydrogen-bond acceptors (Lipinski definition) is 4. The third-order valence-corrected chi connectivity index (χ3v) is 12.2. The van der Waals surface area contributed by atoms with Crippen LogP contribution in [0.3, 0.4) is 0 Å². The van der Waals surface area contributed by atoms with Gasteiger partial charge < -0.3 is 19.3 Å². The molecule has 1 saturated carbocycles.